The summed E-state index contributed by atoms with van der Waals surface area (Å²) < 4.78 is 6.13. The fraction of sp³-hybridized carbons (Fsp3) is 0.200. The van der Waals surface area contributed by atoms with Gasteiger partial charge in [-0.2, -0.15) is 0 Å². The molecule has 0 spiro atoms. The van der Waals surface area contributed by atoms with Crippen LogP contribution in [0, 0.1) is 13.8 Å². The first-order valence-corrected chi connectivity index (χ1v) is 6.89. The highest BCUT2D eigenvalue weighted by molar-refractivity contribution is 9.10. The Labute approximate surface area is 126 Å². The highest BCUT2D eigenvalue weighted by Gasteiger charge is 2.10. The molecule has 0 bridgehead atoms. The summed E-state index contributed by atoms with van der Waals surface area (Å²) in [6, 6.07) is 8.94. The van der Waals surface area contributed by atoms with Crippen molar-refractivity contribution in [3.05, 3.63) is 51.6 Å². The van der Waals surface area contributed by atoms with Crippen LogP contribution >= 0.6 is 15.9 Å². The van der Waals surface area contributed by atoms with Crippen molar-refractivity contribution in [1.29, 1.82) is 0 Å². The van der Waals surface area contributed by atoms with Crippen molar-refractivity contribution in [2.75, 3.05) is 12.4 Å². The second-order valence-electron chi connectivity index (χ2n) is 4.40. The predicted octanol–water partition coefficient (Wildman–Crippen LogP) is 3.72. The number of nitrogens with one attached hydrogen (secondary N) is 1. The number of hydrogen-bond acceptors (Lipinski definition) is 3. The number of hydrogen-bond donors (Lipinski definition) is 1. The molecule has 1 N–H and O–H groups in total. The quantitative estimate of drug-likeness (QED) is 0.930. The fourth-order valence-electron chi connectivity index (χ4n) is 1.76. The van der Waals surface area contributed by atoms with E-state index in [1.54, 1.807) is 25.3 Å². The van der Waals surface area contributed by atoms with Gasteiger partial charge in [0.05, 0.1) is 12.8 Å². The lowest BCUT2D eigenvalue weighted by atomic mass is 10.1. The summed E-state index contributed by atoms with van der Waals surface area (Å²) in [6.07, 6.45) is 0. The number of rotatable bonds is 3. The average molecular weight is 335 g/mol. The van der Waals surface area contributed by atoms with Gasteiger partial charge in [0, 0.05) is 10.0 Å². The Kier molecular flexibility index (Phi) is 4.39. The lowest BCUT2D eigenvalue weighted by Crippen LogP contribution is -2.13. The van der Waals surface area contributed by atoms with E-state index in [4.69, 9.17) is 4.74 Å². The Morgan fingerprint density at radius 1 is 1.25 bits per heavy atom. The number of carbonyl (C=O) groups excluding carboxylic acids is 1. The van der Waals surface area contributed by atoms with Gasteiger partial charge >= 0.3 is 0 Å². The molecule has 0 atom stereocenters. The molecule has 1 heterocycles. The molecule has 5 heteroatoms. The monoisotopic (exact) mass is 334 g/mol. The van der Waals surface area contributed by atoms with Gasteiger partial charge in [-0.3, -0.25) is 4.79 Å². The SMILES string of the molecule is COc1cc(C(=O)Nc2ccc(Br)c(C)n2)ccc1C. The predicted molar refractivity (Wildman–Crippen MR) is 82.4 cm³/mol. The maximum Gasteiger partial charge on any atom is 0.256 e. The van der Waals surface area contributed by atoms with Crippen molar-refractivity contribution in [2.45, 2.75) is 13.8 Å². The summed E-state index contributed by atoms with van der Waals surface area (Å²) in [7, 11) is 1.59. The Balaban J connectivity index is 2.21. The van der Waals surface area contributed by atoms with E-state index < -0.39 is 0 Å². The molecular formula is C15H15BrN2O2. The second-order valence-corrected chi connectivity index (χ2v) is 5.26. The molecule has 2 aromatic rings. The molecule has 0 unspecified atom stereocenters. The van der Waals surface area contributed by atoms with Crippen molar-refractivity contribution in [3.8, 4) is 5.75 Å². The van der Waals surface area contributed by atoms with Crippen LogP contribution in [-0.4, -0.2) is 18.0 Å². The van der Waals surface area contributed by atoms with E-state index in [-0.39, 0.29) is 5.91 Å². The summed E-state index contributed by atoms with van der Waals surface area (Å²) in [5.41, 5.74) is 2.35. The number of benzene rings is 1. The molecule has 0 aliphatic rings. The first-order valence-electron chi connectivity index (χ1n) is 6.10. The second kappa shape index (κ2) is 6.05. The van der Waals surface area contributed by atoms with Crippen molar-refractivity contribution in [3.63, 3.8) is 0 Å². The van der Waals surface area contributed by atoms with E-state index in [1.807, 2.05) is 26.0 Å². The standard InChI is InChI=1S/C15H15BrN2O2/c1-9-4-5-11(8-13(9)20-3)15(19)18-14-7-6-12(16)10(2)17-14/h4-8H,1-3H3,(H,17,18,19). The molecule has 104 valence electrons. The molecule has 0 saturated heterocycles. The topological polar surface area (TPSA) is 51.2 Å². The van der Waals surface area contributed by atoms with Crippen molar-refractivity contribution >= 4 is 27.7 Å². The third-order valence-electron chi connectivity index (χ3n) is 2.93. The van der Waals surface area contributed by atoms with Crippen molar-refractivity contribution < 1.29 is 9.53 Å². The van der Waals surface area contributed by atoms with Crippen LogP contribution in [0.4, 0.5) is 5.82 Å². The van der Waals surface area contributed by atoms with Gasteiger partial charge in [-0.05, 0) is 59.6 Å². The van der Waals surface area contributed by atoms with Gasteiger partial charge in [0.25, 0.3) is 5.91 Å². The minimum absolute atomic E-state index is 0.211. The van der Waals surface area contributed by atoms with Crippen LogP contribution in [0.15, 0.2) is 34.8 Å². The molecule has 0 saturated carbocycles. The minimum Gasteiger partial charge on any atom is -0.496 e. The lowest BCUT2D eigenvalue weighted by Gasteiger charge is -2.09. The molecule has 1 aromatic carbocycles. The summed E-state index contributed by atoms with van der Waals surface area (Å²) in [5, 5.41) is 2.77. The van der Waals surface area contributed by atoms with Gasteiger partial charge in [-0.25, -0.2) is 4.98 Å². The molecule has 0 aliphatic heterocycles. The maximum atomic E-state index is 12.2. The van der Waals surface area contributed by atoms with E-state index in [2.05, 4.69) is 26.2 Å². The molecule has 0 fully saturated rings. The number of pyridine rings is 1. The average Bonchev–Trinajstić information content (AvgIpc) is 2.43. The zero-order valence-electron chi connectivity index (χ0n) is 11.5. The molecule has 1 amide bonds. The Hall–Kier alpha value is -1.88. The van der Waals surface area contributed by atoms with Crippen LogP contribution in [0.2, 0.25) is 0 Å². The molecule has 1 aromatic heterocycles. The zero-order chi connectivity index (χ0) is 14.7. The van der Waals surface area contributed by atoms with Gasteiger partial charge in [-0.1, -0.05) is 6.07 Å². The zero-order valence-corrected chi connectivity index (χ0v) is 13.1. The van der Waals surface area contributed by atoms with Crippen LogP contribution < -0.4 is 10.1 Å². The highest BCUT2D eigenvalue weighted by atomic mass is 79.9. The number of ether oxygens (including phenoxy) is 1. The van der Waals surface area contributed by atoms with E-state index >= 15 is 0 Å². The number of carbonyl (C=O) groups is 1. The number of aryl methyl sites for hydroxylation is 2. The number of aromatic nitrogens is 1. The molecule has 4 nitrogen and oxygen atoms in total. The molecule has 20 heavy (non-hydrogen) atoms. The lowest BCUT2D eigenvalue weighted by molar-refractivity contribution is 0.102. The smallest absolute Gasteiger partial charge is 0.256 e. The van der Waals surface area contributed by atoms with Gasteiger partial charge in [0.2, 0.25) is 0 Å². The van der Waals surface area contributed by atoms with Gasteiger partial charge in [0.15, 0.2) is 0 Å². The first-order chi connectivity index (χ1) is 9.51. The molecule has 0 aliphatic carbocycles. The maximum absolute atomic E-state index is 12.2. The first kappa shape index (κ1) is 14.5. The van der Waals surface area contributed by atoms with Gasteiger partial charge in [0.1, 0.15) is 11.6 Å². The Morgan fingerprint density at radius 3 is 2.65 bits per heavy atom. The van der Waals surface area contributed by atoms with Crippen LogP contribution in [0.25, 0.3) is 0 Å². The Bertz CT molecular complexity index is 656. The van der Waals surface area contributed by atoms with Crippen molar-refractivity contribution in [1.82, 2.24) is 4.98 Å². The summed E-state index contributed by atoms with van der Waals surface area (Å²) in [4.78, 5) is 16.5. The van der Waals surface area contributed by atoms with Gasteiger partial charge < -0.3 is 10.1 Å². The fourth-order valence-corrected chi connectivity index (χ4v) is 1.98. The number of methoxy groups -OCH3 is 1. The molecular weight excluding hydrogens is 320 g/mol. The van der Waals surface area contributed by atoms with Crippen LogP contribution in [0.3, 0.4) is 0 Å². The molecule has 2 rings (SSSR count). The minimum atomic E-state index is -0.211. The number of amides is 1. The van der Waals surface area contributed by atoms with E-state index in [0.717, 1.165) is 15.7 Å². The normalized spacial score (nSPS) is 10.2. The number of anilines is 1. The highest BCUT2D eigenvalue weighted by Crippen LogP contribution is 2.20. The van der Waals surface area contributed by atoms with E-state index in [9.17, 15) is 4.79 Å². The van der Waals surface area contributed by atoms with Crippen LogP contribution in [0.1, 0.15) is 21.6 Å². The largest absolute Gasteiger partial charge is 0.496 e. The van der Waals surface area contributed by atoms with Crippen LogP contribution in [-0.2, 0) is 0 Å². The number of nitrogens with zero attached hydrogens (tertiary/aromatic N) is 1. The van der Waals surface area contributed by atoms with E-state index in [1.165, 1.54) is 0 Å². The van der Waals surface area contributed by atoms with Crippen LogP contribution in [0.5, 0.6) is 5.75 Å². The van der Waals surface area contributed by atoms with Crippen molar-refractivity contribution in [2.24, 2.45) is 0 Å². The Morgan fingerprint density at radius 2 is 2.00 bits per heavy atom. The molecule has 0 radical (unpaired) electrons. The summed E-state index contributed by atoms with van der Waals surface area (Å²) in [5.74, 6) is 1.00. The number of halogens is 1. The summed E-state index contributed by atoms with van der Waals surface area (Å²) >= 11 is 3.38. The third kappa shape index (κ3) is 3.17. The van der Waals surface area contributed by atoms with Gasteiger partial charge in [-0.15, -0.1) is 0 Å². The van der Waals surface area contributed by atoms with E-state index in [0.29, 0.717) is 17.1 Å². The third-order valence-corrected chi connectivity index (χ3v) is 3.77. The summed E-state index contributed by atoms with van der Waals surface area (Å²) in [6.45, 7) is 3.80.